The molecule has 3 heteroatoms. The first-order valence-corrected chi connectivity index (χ1v) is 6.85. The van der Waals surface area contributed by atoms with Gasteiger partial charge >= 0.3 is 5.97 Å². The van der Waals surface area contributed by atoms with Crippen molar-refractivity contribution in [1.82, 2.24) is 0 Å². The minimum Gasteiger partial charge on any atom is -0.493 e. The maximum absolute atomic E-state index is 11.5. The number of rotatable bonds is 6. The normalized spacial score (nSPS) is 11.7. The number of ether oxygens (including phenoxy) is 1. The topological polar surface area (TPSA) is 46.5 Å². The minimum atomic E-state index is -0.904. The Balaban J connectivity index is 2.07. The molecule has 2 aromatic carbocycles. The summed E-state index contributed by atoms with van der Waals surface area (Å²) in [6.07, 6.45) is 0.575. The number of carboxylic acid groups (broad SMARTS) is 1. The summed E-state index contributed by atoms with van der Waals surface area (Å²) in [5.41, 5.74) is 1.89. The Hall–Kier alpha value is -2.55. The molecule has 0 unspecified atom stereocenters. The van der Waals surface area contributed by atoms with Gasteiger partial charge in [0.05, 0.1) is 12.2 Å². The van der Waals surface area contributed by atoms with Crippen molar-refractivity contribution in [1.29, 1.82) is 0 Å². The first-order valence-electron chi connectivity index (χ1n) is 6.85. The Morgan fingerprint density at radius 3 is 2.14 bits per heavy atom. The minimum absolute atomic E-state index is 0.354. The van der Waals surface area contributed by atoms with E-state index >= 15 is 0 Å². The van der Waals surface area contributed by atoms with E-state index < -0.39 is 5.97 Å². The molecule has 0 aliphatic rings. The van der Waals surface area contributed by atoms with Crippen LogP contribution in [0.5, 0.6) is 5.75 Å². The van der Waals surface area contributed by atoms with Crippen LogP contribution in [0.2, 0.25) is 0 Å². The summed E-state index contributed by atoms with van der Waals surface area (Å²) in [6, 6.07) is 18.7. The highest BCUT2D eigenvalue weighted by atomic mass is 16.5. The van der Waals surface area contributed by atoms with Crippen LogP contribution in [0.25, 0.3) is 5.57 Å². The zero-order valence-corrected chi connectivity index (χ0v) is 12.0. The van der Waals surface area contributed by atoms with Gasteiger partial charge in [-0.3, -0.25) is 0 Å². The molecule has 0 aromatic heterocycles. The lowest BCUT2D eigenvalue weighted by Crippen LogP contribution is -2.05. The number of benzene rings is 2. The third kappa shape index (κ3) is 4.21. The van der Waals surface area contributed by atoms with Gasteiger partial charge in [-0.2, -0.15) is 0 Å². The molecule has 0 aliphatic carbocycles. The second-order valence-corrected chi connectivity index (χ2v) is 4.74. The van der Waals surface area contributed by atoms with Gasteiger partial charge in [-0.15, -0.1) is 0 Å². The molecule has 1 N–H and O–H groups in total. The number of carboxylic acids is 1. The van der Waals surface area contributed by atoms with Crippen LogP contribution in [0.15, 0.2) is 66.2 Å². The van der Waals surface area contributed by atoms with Gasteiger partial charge in [-0.1, -0.05) is 54.1 Å². The van der Waals surface area contributed by atoms with Crippen LogP contribution in [0.1, 0.15) is 18.9 Å². The van der Waals surface area contributed by atoms with Gasteiger partial charge < -0.3 is 9.84 Å². The zero-order chi connectivity index (χ0) is 15.1. The molecule has 0 heterocycles. The summed E-state index contributed by atoms with van der Waals surface area (Å²) < 4.78 is 5.62. The Labute approximate surface area is 124 Å². The summed E-state index contributed by atoms with van der Waals surface area (Å²) in [7, 11) is 0. The lowest BCUT2D eigenvalue weighted by atomic mass is 9.99. The van der Waals surface area contributed by atoms with Crippen LogP contribution in [0.3, 0.4) is 0 Å². The average molecular weight is 282 g/mol. The highest BCUT2D eigenvalue weighted by molar-refractivity contribution is 6.16. The summed E-state index contributed by atoms with van der Waals surface area (Å²) in [5.74, 6) is -0.111. The van der Waals surface area contributed by atoms with Crippen molar-refractivity contribution in [3.05, 3.63) is 71.8 Å². The average Bonchev–Trinajstić information content (AvgIpc) is 2.49. The summed E-state index contributed by atoms with van der Waals surface area (Å²) in [4.78, 5) is 11.5. The molecule has 0 fully saturated rings. The van der Waals surface area contributed by atoms with Crippen molar-refractivity contribution in [3.8, 4) is 5.75 Å². The second-order valence-electron chi connectivity index (χ2n) is 4.74. The van der Waals surface area contributed by atoms with Crippen LogP contribution in [0, 0.1) is 0 Å². The summed E-state index contributed by atoms with van der Waals surface area (Å²) in [5, 5.41) is 9.41. The van der Waals surface area contributed by atoms with E-state index in [1.165, 1.54) is 0 Å². The maximum Gasteiger partial charge on any atom is 0.336 e. The third-order valence-electron chi connectivity index (χ3n) is 3.19. The predicted molar refractivity (Wildman–Crippen MR) is 83.2 cm³/mol. The Bertz CT molecular complexity index is 615. The molecule has 0 saturated heterocycles. The van der Waals surface area contributed by atoms with Crippen LogP contribution in [-0.2, 0) is 4.79 Å². The van der Waals surface area contributed by atoms with E-state index in [0.717, 1.165) is 16.9 Å². The molecule has 0 bridgehead atoms. The Morgan fingerprint density at radius 1 is 1.00 bits per heavy atom. The van der Waals surface area contributed by atoms with Gasteiger partial charge in [-0.05, 0) is 24.6 Å². The molecule has 0 aliphatic heterocycles. The third-order valence-corrected chi connectivity index (χ3v) is 3.19. The molecule has 0 atom stereocenters. The van der Waals surface area contributed by atoms with Crippen molar-refractivity contribution >= 4 is 11.5 Å². The predicted octanol–water partition coefficient (Wildman–Crippen LogP) is 4.01. The molecular weight excluding hydrogens is 264 g/mol. The monoisotopic (exact) mass is 282 g/mol. The van der Waals surface area contributed by atoms with Crippen molar-refractivity contribution in [2.45, 2.75) is 13.3 Å². The smallest absolute Gasteiger partial charge is 0.336 e. The van der Waals surface area contributed by atoms with Crippen molar-refractivity contribution in [2.75, 3.05) is 6.61 Å². The highest BCUT2D eigenvalue weighted by Crippen LogP contribution is 2.21. The number of para-hydroxylation sites is 1. The Kier molecular flexibility index (Phi) is 5.16. The molecule has 2 aromatic rings. The molecule has 3 nitrogen and oxygen atoms in total. The molecule has 21 heavy (non-hydrogen) atoms. The standard InChI is InChI=1S/C18H18O3/c1-14(12-13-21-16-10-6-3-7-11-16)17(18(19)20)15-8-4-2-5-9-15/h2-11H,12-13H2,1H3,(H,19,20). The van der Waals surface area contributed by atoms with Crippen LogP contribution in [0.4, 0.5) is 0 Å². The first-order chi connectivity index (χ1) is 10.2. The fourth-order valence-corrected chi connectivity index (χ4v) is 2.12. The van der Waals surface area contributed by atoms with E-state index in [-0.39, 0.29) is 0 Å². The first kappa shape index (κ1) is 14.9. The molecule has 0 spiro atoms. The van der Waals surface area contributed by atoms with Crippen LogP contribution >= 0.6 is 0 Å². The van der Waals surface area contributed by atoms with E-state index in [9.17, 15) is 9.90 Å². The van der Waals surface area contributed by atoms with E-state index in [4.69, 9.17) is 4.74 Å². The van der Waals surface area contributed by atoms with Gasteiger partial charge in [0.1, 0.15) is 5.75 Å². The van der Waals surface area contributed by atoms with Gasteiger partial charge in [0.15, 0.2) is 0 Å². The van der Waals surface area contributed by atoms with Gasteiger partial charge in [-0.25, -0.2) is 4.79 Å². The molecule has 0 radical (unpaired) electrons. The number of aliphatic carboxylic acids is 1. The number of hydrogen-bond acceptors (Lipinski definition) is 2. The molecule has 108 valence electrons. The van der Waals surface area contributed by atoms with Gasteiger partial charge in [0.25, 0.3) is 0 Å². The molecule has 2 rings (SSSR count). The van der Waals surface area contributed by atoms with Crippen LogP contribution < -0.4 is 4.74 Å². The fraction of sp³-hybridized carbons (Fsp3) is 0.167. The number of carbonyl (C=O) groups is 1. The molecular formula is C18H18O3. The summed E-state index contributed by atoms with van der Waals surface area (Å²) in [6.45, 7) is 2.30. The number of hydrogen-bond donors (Lipinski definition) is 1. The van der Waals surface area contributed by atoms with Crippen molar-refractivity contribution in [3.63, 3.8) is 0 Å². The largest absolute Gasteiger partial charge is 0.493 e. The van der Waals surface area contributed by atoms with E-state index in [2.05, 4.69) is 0 Å². The van der Waals surface area contributed by atoms with Crippen molar-refractivity contribution < 1.29 is 14.6 Å². The van der Waals surface area contributed by atoms with Crippen LogP contribution in [-0.4, -0.2) is 17.7 Å². The zero-order valence-electron chi connectivity index (χ0n) is 12.0. The van der Waals surface area contributed by atoms with Crippen molar-refractivity contribution in [2.24, 2.45) is 0 Å². The quantitative estimate of drug-likeness (QED) is 0.814. The fourth-order valence-electron chi connectivity index (χ4n) is 2.12. The SMILES string of the molecule is CC(CCOc1ccccc1)=C(C(=O)O)c1ccccc1. The molecule has 0 saturated carbocycles. The summed E-state index contributed by atoms with van der Waals surface area (Å²) >= 11 is 0. The van der Waals surface area contributed by atoms with Gasteiger partial charge in [0.2, 0.25) is 0 Å². The van der Waals surface area contributed by atoms with E-state index in [1.54, 1.807) is 0 Å². The molecule has 0 amide bonds. The van der Waals surface area contributed by atoms with E-state index in [1.807, 2.05) is 67.6 Å². The lowest BCUT2D eigenvalue weighted by Gasteiger charge is -2.10. The lowest BCUT2D eigenvalue weighted by molar-refractivity contribution is -0.130. The highest BCUT2D eigenvalue weighted by Gasteiger charge is 2.13. The maximum atomic E-state index is 11.5. The second kappa shape index (κ2) is 7.29. The van der Waals surface area contributed by atoms with Gasteiger partial charge in [0, 0.05) is 6.42 Å². The van der Waals surface area contributed by atoms with E-state index in [0.29, 0.717) is 18.6 Å². The Morgan fingerprint density at radius 2 is 1.57 bits per heavy atom.